The van der Waals surface area contributed by atoms with Gasteiger partial charge in [-0.2, -0.15) is 0 Å². The van der Waals surface area contributed by atoms with Crippen molar-refractivity contribution in [3.05, 3.63) is 231 Å². The molecule has 1 heterocycles. The van der Waals surface area contributed by atoms with Crippen molar-refractivity contribution < 1.29 is 16.4 Å². The molecule has 0 radical (unpaired) electrons. The summed E-state index contributed by atoms with van der Waals surface area (Å²) in [6.45, 7) is 18.2. The third-order valence-electron chi connectivity index (χ3n) is 15.4. The van der Waals surface area contributed by atoms with Crippen molar-refractivity contribution in [1.29, 1.82) is 0 Å². The molecule has 2 atom stereocenters. The number of aryl methyl sites for hydroxylation is 4. The standard InChI is InChI=1S/2C26H25.C12H9Si.2ClH.Zr/c2*1-17(2)24-11-10-21-15-22(20-8-6-5-7-9-20)16-25(21)26(24)23-13-18(3)12-19(4)14-23;1-3-7-11-9(5-1)10-6-2-4-8-12(10)13-11;;;/h2*5-17H,1-4H3;1-7H,13H2;2*1H;/q;;;;;+2/p-2. The summed E-state index contributed by atoms with van der Waals surface area (Å²) in [5, 5.41) is 2.89. The Morgan fingerprint density at radius 3 is 1.32 bits per heavy atom. The van der Waals surface area contributed by atoms with E-state index in [4.69, 9.17) is 0 Å². The van der Waals surface area contributed by atoms with Gasteiger partial charge in [-0.15, -0.1) is 0 Å². The molecule has 1 aliphatic heterocycles. The Kier molecular flexibility index (Phi) is 11.4. The minimum atomic E-state index is -6.05. The van der Waals surface area contributed by atoms with Gasteiger partial charge in [0.05, 0.1) is 0 Å². The van der Waals surface area contributed by atoms with Gasteiger partial charge in [0, 0.05) is 0 Å². The second kappa shape index (κ2) is 17.1. The SMILES string of the molecule is Cc1cc(C)cc(-c2c(C(C)C)ccc3c2C=C(c2ccccc2)[CH]3[Zr]([Cl])([Cl])([c]2cccc3c2[SiH2]c2ccccc2-3)[CH]2C(c3ccccc3)=Cc3c2ccc(C(C)C)c3-c2cc(C)cc(C)c2)c1. The van der Waals surface area contributed by atoms with E-state index < -0.39 is 25.9 Å². The van der Waals surface area contributed by atoms with Gasteiger partial charge in [-0.1, -0.05) is 0 Å². The maximum absolute atomic E-state index is 9.72. The van der Waals surface area contributed by atoms with Crippen LogP contribution in [0.1, 0.15) is 114 Å². The van der Waals surface area contributed by atoms with Gasteiger partial charge in [-0.3, -0.25) is 0 Å². The molecule has 337 valence electrons. The van der Waals surface area contributed by atoms with E-state index in [1.54, 1.807) is 0 Å². The van der Waals surface area contributed by atoms with Gasteiger partial charge in [0.1, 0.15) is 0 Å². The van der Waals surface area contributed by atoms with Crippen molar-refractivity contribution in [1.82, 2.24) is 0 Å². The van der Waals surface area contributed by atoms with Crippen LogP contribution in [0.15, 0.2) is 164 Å². The number of halogens is 2. The molecule has 8 aromatic rings. The second-order valence-corrected chi connectivity index (χ2v) is 43.2. The van der Waals surface area contributed by atoms with Crippen LogP contribution in [-0.4, -0.2) is 9.52 Å². The van der Waals surface area contributed by atoms with E-state index in [0.29, 0.717) is 11.8 Å². The predicted molar refractivity (Wildman–Crippen MR) is 296 cm³/mol. The van der Waals surface area contributed by atoms with Crippen molar-refractivity contribution in [3.63, 3.8) is 0 Å². The summed E-state index contributed by atoms with van der Waals surface area (Å²) in [5.41, 5.74) is 25.3. The van der Waals surface area contributed by atoms with Gasteiger partial charge in [-0.25, -0.2) is 0 Å². The predicted octanol–water partition coefficient (Wildman–Crippen LogP) is 15.8. The molecule has 0 saturated carbocycles. The third kappa shape index (κ3) is 7.23. The summed E-state index contributed by atoms with van der Waals surface area (Å²) in [6.07, 6.45) is 5.04. The van der Waals surface area contributed by atoms with Crippen molar-refractivity contribution >= 4 is 63.5 Å². The van der Waals surface area contributed by atoms with Gasteiger partial charge in [-0.05, 0) is 0 Å². The molecule has 0 bridgehead atoms. The fraction of sp³-hybridized carbons (Fsp3) is 0.188. The summed E-state index contributed by atoms with van der Waals surface area (Å²) >= 11 is -6.05. The molecular formula is C64H59Cl2SiZr. The summed E-state index contributed by atoms with van der Waals surface area (Å²) in [5.74, 6) is 0.598. The number of hydrogen-bond donors (Lipinski definition) is 0. The van der Waals surface area contributed by atoms with E-state index in [-0.39, 0.29) is 7.25 Å². The Bertz CT molecular complexity index is 3190. The fourth-order valence-corrected chi connectivity index (χ4v) is 39.8. The van der Waals surface area contributed by atoms with Crippen LogP contribution >= 0.6 is 17.0 Å². The van der Waals surface area contributed by atoms with Crippen LogP contribution in [0.25, 0.3) is 56.7 Å². The second-order valence-electron chi connectivity index (χ2n) is 20.7. The zero-order valence-corrected chi connectivity index (χ0v) is 45.9. The number of benzene rings is 8. The maximum atomic E-state index is 9.72. The van der Waals surface area contributed by atoms with Gasteiger partial charge in [0.25, 0.3) is 0 Å². The average molecular weight is 1020 g/mol. The van der Waals surface area contributed by atoms with Crippen molar-refractivity contribution in [2.24, 2.45) is 0 Å². The molecule has 4 heteroatoms. The average Bonchev–Trinajstić information content (AvgIpc) is 4.04. The molecule has 11 rings (SSSR count). The first kappa shape index (κ1) is 45.4. The molecule has 3 aliphatic rings. The molecule has 0 aromatic heterocycles. The Balaban J connectivity index is 1.31. The van der Waals surface area contributed by atoms with Crippen molar-refractivity contribution in [2.75, 3.05) is 0 Å². The first-order chi connectivity index (χ1) is 32.7. The number of allylic oxidation sites excluding steroid dienone is 2. The Morgan fingerprint density at radius 2 is 0.868 bits per heavy atom. The number of hydrogen-bond acceptors (Lipinski definition) is 0. The molecular weight excluding hydrogens is 959 g/mol. The topological polar surface area (TPSA) is 0 Å². The molecule has 8 aromatic carbocycles. The van der Waals surface area contributed by atoms with E-state index in [2.05, 4.69) is 231 Å². The van der Waals surface area contributed by atoms with Gasteiger partial charge < -0.3 is 0 Å². The first-order valence-electron chi connectivity index (χ1n) is 24.5. The molecule has 68 heavy (non-hydrogen) atoms. The quantitative estimate of drug-likeness (QED) is 0.126. The summed E-state index contributed by atoms with van der Waals surface area (Å²) < 4.78 is 0.658. The van der Waals surface area contributed by atoms with Crippen molar-refractivity contribution in [2.45, 2.75) is 74.5 Å². The molecule has 0 amide bonds. The van der Waals surface area contributed by atoms with Crippen LogP contribution in [0.2, 0.25) is 0 Å². The van der Waals surface area contributed by atoms with Crippen LogP contribution in [0.5, 0.6) is 0 Å². The zero-order valence-electron chi connectivity index (χ0n) is 40.5. The number of fused-ring (bicyclic) bond motifs is 5. The van der Waals surface area contributed by atoms with E-state index in [1.807, 2.05) is 0 Å². The van der Waals surface area contributed by atoms with E-state index in [0.717, 1.165) is 0 Å². The van der Waals surface area contributed by atoms with Crippen molar-refractivity contribution in [3.8, 4) is 33.4 Å². The van der Waals surface area contributed by atoms with E-state index >= 15 is 0 Å². The van der Waals surface area contributed by atoms with E-state index in [9.17, 15) is 17.0 Å². The molecule has 0 nitrogen and oxygen atoms in total. The number of rotatable bonds is 9. The summed E-state index contributed by atoms with van der Waals surface area (Å²) in [4.78, 5) is 0. The fourth-order valence-electron chi connectivity index (χ4n) is 12.8. The normalized spacial score (nSPS) is 16.9. The summed E-state index contributed by atoms with van der Waals surface area (Å²) in [6, 6.07) is 62.0. The van der Waals surface area contributed by atoms with Gasteiger partial charge in [0.2, 0.25) is 0 Å². The Labute approximate surface area is 414 Å². The Hall–Kier alpha value is -5.08. The minimum absolute atomic E-state index is 0.287. The van der Waals surface area contributed by atoms with Crippen LogP contribution < -0.4 is 13.6 Å². The molecule has 0 saturated heterocycles. The van der Waals surface area contributed by atoms with E-state index in [1.165, 1.54) is 125 Å². The first-order valence-corrected chi connectivity index (χ1v) is 36.3. The van der Waals surface area contributed by atoms with Crippen LogP contribution in [0.3, 0.4) is 0 Å². The monoisotopic (exact) mass is 1020 g/mol. The van der Waals surface area contributed by atoms with Gasteiger partial charge in [0.15, 0.2) is 0 Å². The molecule has 0 spiro atoms. The molecule has 0 N–H and O–H groups in total. The molecule has 2 unspecified atom stereocenters. The van der Waals surface area contributed by atoms with Crippen LogP contribution in [0, 0.1) is 27.7 Å². The van der Waals surface area contributed by atoms with Gasteiger partial charge >= 0.3 is 418 Å². The summed E-state index contributed by atoms with van der Waals surface area (Å²) in [7, 11) is 18.5. The zero-order chi connectivity index (χ0) is 47.2. The molecule has 0 fully saturated rings. The third-order valence-corrected chi connectivity index (χ3v) is 37.9. The van der Waals surface area contributed by atoms with Crippen LogP contribution in [0.4, 0.5) is 0 Å². The Morgan fingerprint density at radius 1 is 0.441 bits per heavy atom. The molecule has 2 aliphatic carbocycles. The van der Waals surface area contributed by atoms with Crippen LogP contribution in [-0.2, 0) is 16.4 Å².